The van der Waals surface area contributed by atoms with Crippen LogP contribution in [0.15, 0.2) is 30.3 Å². The molecule has 13 heavy (non-hydrogen) atoms. The summed E-state index contributed by atoms with van der Waals surface area (Å²) in [6.45, 7) is 4.00. The van der Waals surface area contributed by atoms with Gasteiger partial charge >= 0.3 is 0 Å². The SMILES string of the molecule is C.C.CC.CSCc1ccccc1. The molecule has 78 valence electrons. The van der Waals surface area contributed by atoms with E-state index in [0.29, 0.717) is 0 Å². The van der Waals surface area contributed by atoms with Gasteiger partial charge in [0.15, 0.2) is 0 Å². The molecule has 0 unspecified atom stereocenters. The van der Waals surface area contributed by atoms with Gasteiger partial charge in [-0.2, -0.15) is 11.8 Å². The van der Waals surface area contributed by atoms with Gasteiger partial charge in [-0.25, -0.2) is 0 Å². The molecule has 1 aromatic rings. The largest absolute Gasteiger partial charge is 0.161 e. The predicted octanol–water partition coefficient (Wildman–Crippen LogP) is 4.85. The Morgan fingerprint density at radius 2 is 1.46 bits per heavy atom. The molecule has 0 saturated heterocycles. The molecule has 0 aliphatic heterocycles. The second kappa shape index (κ2) is 14.1. The average molecular weight is 200 g/mol. The highest BCUT2D eigenvalue weighted by Crippen LogP contribution is 2.06. The zero-order chi connectivity index (χ0) is 8.53. The third-order valence-corrected chi connectivity index (χ3v) is 1.78. The number of hydrogen-bond donors (Lipinski definition) is 0. The smallest absolute Gasteiger partial charge is 0.0181 e. The standard InChI is InChI=1S/C8H10S.C2H6.2CH4/c1-9-7-8-5-3-2-4-6-8;1-2;;/h2-6H,7H2,1H3;1-2H3;2*1H4. The maximum Gasteiger partial charge on any atom is 0.0181 e. The van der Waals surface area contributed by atoms with Crippen LogP contribution in [0.2, 0.25) is 0 Å². The average Bonchev–Trinajstić information content (AvgIpc) is 2.11. The van der Waals surface area contributed by atoms with Crippen molar-refractivity contribution >= 4 is 11.8 Å². The molecule has 0 spiro atoms. The van der Waals surface area contributed by atoms with E-state index in [2.05, 4.69) is 30.5 Å². The fraction of sp³-hybridized carbons (Fsp3) is 0.500. The molecule has 0 atom stereocenters. The van der Waals surface area contributed by atoms with Crippen molar-refractivity contribution < 1.29 is 0 Å². The van der Waals surface area contributed by atoms with Crippen LogP contribution in [0.25, 0.3) is 0 Å². The van der Waals surface area contributed by atoms with E-state index in [0.717, 1.165) is 5.75 Å². The summed E-state index contributed by atoms with van der Waals surface area (Å²) in [5, 5.41) is 0. The summed E-state index contributed by atoms with van der Waals surface area (Å²) in [4.78, 5) is 0. The van der Waals surface area contributed by atoms with Gasteiger partial charge in [0.25, 0.3) is 0 Å². The van der Waals surface area contributed by atoms with E-state index in [1.54, 1.807) is 0 Å². The highest BCUT2D eigenvalue weighted by molar-refractivity contribution is 7.97. The van der Waals surface area contributed by atoms with Crippen molar-refractivity contribution in [2.45, 2.75) is 34.5 Å². The van der Waals surface area contributed by atoms with Gasteiger partial charge in [-0.1, -0.05) is 59.0 Å². The van der Waals surface area contributed by atoms with Crippen molar-refractivity contribution in [3.63, 3.8) is 0 Å². The third kappa shape index (κ3) is 9.48. The zero-order valence-corrected chi connectivity index (χ0v) is 8.32. The lowest BCUT2D eigenvalue weighted by Gasteiger charge is -1.93. The van der Waals surface area contributed by atoms with Crippen LogP contribution in [-0.2, 0) is 5.75 Å². The van der Waals surface area contributed by atoms with Gasteiger partial charge in [-0.05, 0) is 11.8 Å². The van der Waals surface area contributed by atoms with E-state index >= 15 is 0 Å². The van der Waals surface area contributed by atoms with Crippen LogP contribution in [0.3, 0.4) is 0 Å². The van der Waals surface area contributed by atoms with Crippen LogP contribution in [-0.4, -0.2) is 6.26 Å². The Morgan fingerprint density at radius 1 is 1.00 bits per heavy atom. The maximum atomic E-state index is 2.15. The number of rotatable bonds is 2. The summed E-state index contributed by atoms with van der Waals surface area (Å²) < 4.78 is 0. The summed E-state index contributed by atoms with van der Waals surface area (Å²) >= 11 is 1.85. The van der Waals surface area contributed by atoms with E-state index in [9.17, 15) is 0 Å². The van der Waals surface area contributed by atoms with Crippen LogP contribution >= 0.6 is 11.8 Å². The van der Waals surface area contributed by atoms with Crippen molar-refractivity contribution in [3.8, 4) is 0 Å². The molecular formula is C12H24S. The van der Waals surface area contributed by atoms with Gasteiger partial charge in [-0.3, -0.25) is 0 Å². The van der Waals surface area contributed by atoms with Crippen molar-refractivity contribution in [2.24, 2.45) is 0 Å². The normalized spacial score (nSPS) is 7.00. The summed E-state index contributed by atoms with van der Waals surface area (Å²) in [5.41, 5.74) is 1.41. The van der Waals surface area contributed by atoms with Gasteiger partial charge in [-0.15, -0.1) is 0 Å². The van der Waals surface area contributed by atoms with Crippen molar-refractivity contribution in [2.75, 3.05) is 6.26 Å². The highest BCUT2D eigenvalue weighted by atomic mass is 32.2. The molecule has 0 aliphatic carbocycles. The Balaban J connectivity index is -0.000000234. The molecule has 1 heteroatoms. The molecule has 0 bridgehead atoms. The second-order valence-electron chi connectivity index (χ2n) is 1.92. The van der Waals surface area contributed by atoms with Crippen LogP contribution in [0, 0.1) is 0 Å². The topological polar surface area (TPSA) is 0 Å². The molecule has 1 rings (SSSR count). The lowest BCUT2D eigenvalue weighted by molar-refractivity contribution is 1.42. The Hall–Kier alpha value is -0.430. The fourth-order valence-electron chi connectivity index (χ4n) is 0.741. The summed E-state index contributed by atoms with van der Waals surface area (Å²) in [6, 6.07) is 10.5. The predicted molar refractivity (Wildman–Crippen MR) is 68.5 cm³/mol. The quantitative estimate of drug-likeness (QED) is 0.657. The van der Waals surface area contributed by atoms with Crippen molar-refractivity contribution in [1.29, 1.82) is 0 Å². The molecule has 0 radical (unpaired) electrons. The van der Waals surface area contributed by atoms with Gasteiger partial charge in [0.05, 0.1) is 0 Å². The summed E-state index contributed by atoms with van der Waals surface area (Å²) in [5.74, 6) is 1.13. The van der Waals surface area contributed by atoms with E-state index in [4.69, 9.17) is 0 Å². The Morgan fingerprint density at radius 3 is 1.85 bits per heavy atom. The highest BCUT2D eigenvalue weighted by Gasteiger charge is 1.84. The van der Waals surface area contributed by atoms with E-state index in [-0.39, 0.29) is 14.9 Å². The minimum atomic E-state index is 0. The molecule has 1 aromatic carbocycles. The molecular weight excluding hydrogens is 176 g/mol. The van der Waals surface area contributed by atoms with Crippen molar-refractivity contribution in [1.82, 2.24) is 0 Å². The molecule has 0 saturated carbocycles. The third-order valence-electron chi connectivity index (χ3n) is 1.15. The molecule has 0 amide bonds. The first kappa shape index (κ1) is 18.4. The summed E-state index contributed by atoms with van der Waals surface area (Å²) in [7, 11) is 0. The Kier molecular flexibility index (Phi) is 19.9. The van der Waals surface area contributed by atoms with Gasteiger partial charge in [0.2, 0.25) is 0 Å². The molecule has 0 aliphatic rings. The number of thioether (sulfide) groups is 1. The molecule has 0 N–H and O–H groups in total. The van der Waals surface area contributed by atoms with Crippen LogP contribution in [0.4, 0.5) is 0 Å². The lowest BCUT2D eigenvalue weighted by Crippen LogP contribution is -1.74. The van der Waals surface area contributed by atoms with E-state index in [1.165, 1.54) is 5.56 Å². The summed E-state index contributed by atoms with van der Waals surface area (Å²) in [6.07, 6.45) is 2.12. The molecule has 0 aromatic heterocycles. The minimum Gasteiger partial charge on any atom is -0.161 e. The Labute approximate surface area is 88.8 Å². The van der Waals surface area contributed by atoms with E-state index in [1.807, 2.05) is 31.7 Å². The fourth-order valence-corrected chi connectivity index (χ4v) is 1.27. The molecule has 0 heterocycles. The monoisotopic (exact) mass is 200 g/mol. The van der Waals surface area contributed by atoms with Crippen LogP contribution in [0.1, 0.15) is 34.3 Å². The van der Waals surface area contributed by atoms with E-state index < -0.39 is 0 Å². The van der Waals surface area contributed by atoms with Gasteiger partial charge in [0, 0.05) is 5.75 Å². The first-order valence-electron chi connectivity index (χ1n) is 3.96. The number of hydrogen-bond acceptors (Lipinski definition) is 1. The first-order chi connectivity index (χ1) is 5.43. The molecule has 0 fully saturated rings. The van der Waals surface area contributed by atoms with Gasteiger partial charge in [0.1, 0.15) is 0 Å². The maximum absolute atomic E-state index is 2.15. The van der Waals surface area contributed by atoms with Crippen LogP contribution in [0.5, 0.6) is 0 Å². The molecule has 0 nitrogen and oxygen atoms in total. The second-order valence-corrected chi connectivity index (χ2v) is 2.78. The minimum absolute atomic E-state index is 0. The Bertz CT molecular complexity index is 158. The van der Waals surface area contributed by atoms with Crippen molar-refractivity contribution in [3.05, 3.63) is 35.9 Å². The zero-order valence-electron chi connectivity index (χ0n) is 7.50. The first-order valence-corrected chi connectivity index (χ1v) is 5.36. The number of benzene rings is 1. The van der Waals surface area contributed by atoms with Crippen LogP contribution < -0.4 is 0 Å². The lowest BCUT2D eigenvalue weighted by atomic mass is 10.2. The van der Waals surface area contributed by atoms with Gasteiger partial charge < -0.3 is 0 Å².